The van der Waals surface area contributed by atoms with Gasteiger partial charge in [0.2, 0.25) is 35.4 Å². The maximum absolute atomic E-state index is 13.7. The number of rotatable bonds is 29. The Morgan fingerprint density at radius 1 is 0.643 bits per heavy atom. The second-order valence-corrected chi connectivity index (χ2v) is 12.9. The van der Waals surface area contributed by atoms with E-state index in [9.17, 15) is 53.7 Å². The summed E-state index contributed by atoms with van der Waals surface area (Å²) in [6.45, 7) is 0.995. The van der Waals surface area contributed by atoms with Gasteiger partial charge in [-0.3, -0.25) is 44.4 Å². The van der Waals surface area contributed by atoms with Crippen molar-refractivity contribution in [2.75, 3.05) is 31.9 Å². The first kappa shape index (κ1) is 50.6. The van der Waals surface area contributed by atoms with E-state index in [4.69, 9.17) is 28.0 Å². The third-order valence-electron chi connectivity index (χ3n) is 7.68. The summed E-state index contributed by atoms with van der Waals surface area (Å²) < 4.78 is 0. The van der Waals surface area contributed by atoms with Crippen molar-refractivity contribution in [2.45, 2.75) is 101 Å². The first-order chi connectivity index (χ1) is 26.3. The minimum atomic E-state index is -1.71. The smallest absolute Gasteiger partial charge is 0.326 e. The van der Waals surface area contributed by atoms with Crippen molar-refractivity contribution >= 4 is 71.9 Å². The molecule has 0 aliphatic rings. The molecule has 0 fully saturated rings. The van der Waals surface area contributed by atoms with Gasteiger partial charge in [0.05, 0.1) is 19.1 Å². The summed E-state index contributed by atoms with van der Waals surface area (Å²) in [4.78, 5) is 101. The number of carboxylic acid groups (broad SMARTS) is 2. The number of hydrogen-bond donors (Lipinski definition) is 17. The molecule has 6 atom stereocenters. The Morgan fingerprint density at radius 2 is 1.12 bits per heavy atom. The number of unbranched alkanes of at least 4 members (excludes halogenated alkanes) is 1. The van der Waals surface area contributed by atoms with Gasteiger partial charge in [0.1, 0.15) is 30.2 Å². The van der Waals surface area contributed by atoms with Gasteiger partial charge in [-0.1, -0.05) is 0 Å². The van der Waals surface area contributed by atoms with Crippen LogP contribution in [0.3, 0.4) is 0 Å². The highest BCUT2D eigenvalue weighted by molar-refractivity contribution is 7.80. The topological polar surface area (TPSA) is 419 Å². The Hall–Kier alpha value is -5.43. The van der Waals surface area contributed by atoms with Gasteiger partial charge in [0.25, 0.3) is 0 Å². The third-order valence-corrected chi connectivity index (χ3v) is 7.90. The predicted octanol–water partition coefficient (Wildman–Crippen LogP) is -5.56. The van der Waals surface area contributed by atoms with Gasteiger partial charge in [-0.25, -0.2) is 4.79 Å². The number of carbonyl (C=O) groups is 8. The average molecular weight is 820 g/mol. The first-order valence-electron chi connectivity index (χ1n) is 17.7. The largest absolute Gasteiger partial charge is 0.481 e. The summed E-state index contributed by atoms with van der Waals surface area (Å²) in [5, 5.41) is 62.9. The molecule has 6 amide bonds. The summed E-state index contributed by atoms with van der Waals surface area (Å²) >= 11 is 3.92. The number of amides is 6. The molecule has 0 rings (SSSR count). The minimum absolute atomic E-state index is 0.00146. The maximum atomic E-state index is 13.7. The van der Waals surface area contributed by atoms with Crippen LogP contribution in [0.4, 0.5) is 0 Å². The highest BCUT2D eigenvalue weighted by atomic mass is 32.1. The average Bonchev–Trinajstić information content (AvgIpc) is 3.10. The number of aliphatic hydroxyl groups is 1. The van der Waals surface area contributed by atoms with Crippen LogP contribution in [-0.4, -0.2) is 143 Å². The Labute approximate surface area is 328 Å². The van der Waals surface area contributed by atoms with Crippen molar-refractivity contribution in [3.63, 3.8) is 0 Å². The number of aliphatic hydroxyl groups excluding tert-OH is 1. The molecule has 2 unspecified atom stereocenters. The van der Waals surface area contributed by atoms with Crippen molar-refractivity contribution in [3.05, 3.63) is 0 Å². The Bertz CT molecular complexity index is 1370. The lowest BCUT2D eigenvalue weighted by molar-refractivity contribution is -0.143. The molecule has 25 heteroatoms. The van der Waals surface area contributed by atoms with E-state index in [2.05, 4.69) is 55.2 Å². The molecule has 0 aromatic carbocycles. The Morgan fingerprint density at radius 3 is 1.59 bits per heavy atom. The zero-order valence-corrected chi connectivity index (χ0v) is 32.0. The lowest BCUT2D eigenvalue weighted by Crippen LogP contribution is -2.60. The van der Waals surface area contributed by atoms with E-state index in [-0.39, 0.29) is 82.3 Å². The van der Waals surface area contributed by atoms with Crippen LogP contribution < -0.4 is 59.7 Å². The number of carboxylic acids is 2. The standard InChI is InChI=1S/C31H57N13O11S/c1-16(45)24(28(53)43-19(29(54)55)8-5-12-38-31(35)36)44-26(51)18(7-4-11-37-30(33)34)41-25(50)17(6-2-3-10-32)42-27(52)20(14-23(48)49)40-22(47)15-39-21(46)9-13-56/h16-20,24,45,56H,2-15,32H2,1H3,(H,39,46)(H,40,47)(H,41,50)(H,42,52)(H,43,53)(H,44,51)(H,48,49)(H,54,55)(H4,33,34,37)(H4,35,36,38)/t16?,17-,18-,19-,20-,24?/m0/s1. The molecule has 0 aromatic rings. The van der Waals surface area contributed by atoms with Crippen LogP contribution in [-0.2, 0) is 38.4 Å². The molecule has 0 heterocycles. The van der Waals surface area contributed by atoms with Gasteiger partial charge in [-0.2, -0.15) is 12.6 Å². The van der Waals surface area contributed by atoms with Crippen LogP contribution in [0.15, 0.2) is 0 Å². The van der Waals surface area contributed by atoms with Crippen molar-refractivity contribution < 1.29 is 53.7 Å². The van der Waals surface area contributed by atoms with E-state index in [1.807, 2.05) is 0 Å². The highest BCUT2D eigenvalue weighted by Gasteiger charge is 2.34. The fraction of sp³-hybridized carbons (Fsp3) is 0.677. The Balaban J connectivity index is 6.21. The fourth-order valence-corrected chi connectivity index (χ4v) is 5.01. The van der Waals surface area contributed by atoms with Crippen LogP contribution in [0.5, 0.6) is 0 Å². The number of guanidine groups is 2. The van der Waals surface area contributed by atoms with Gasteiger partial charge >= 0.3 is 11.9 Å². The third kappa shape index (κ3) is 22.7. The van der Waals surface area contributed by atoms with Crippen LogP contribution in [0.2, 0.25) is 0 Å². The van der Waals surface area contributed by atoms with Gasteiger partial charge in [0.15, 0.2) is 11.9 Å². The van der Waals surface area contributed by atoms with Crippen LogP contribution in [0.1, 0.15) is 64.7 Å². The molecule has 19 N–H and O–H groups in total. The molecule has 56 heavy (non-hydrogen) atoms. The van der Waals surface area contributed by atoms with E-state index < -0.39 is 96.7 Å². The zero-order valence-electron chi connectivity index (χ0n) is 31.2. The molecule has 0 spiro atoms. The van der Waals surface area contributed by atoms with Crippen LogP contribution >= 0.6 is 12.6 Å². The molecule has 0 saturated carbocycles. The molecule has 0 aliphatic carbocycles. The van der Waals surface area contributed by atoms with Gasteiger partial charge < -0.3 is 75.1 Å². The molecule has 0 radical (unpaired) electrons. The highest BCUT2D eigenvalue weighted by Crippen LogP contribution is 2.08. The minimum Gasteiger partial charge on any atom is -0.481 e. The molecule has 24 nitrogen and oxygen atoms in total. The quantitative estimate of drug-likeness (QED) is 0.0145. The van der Waals surface area contributed by atoms with E-state index in [0.29, 0.717) is 6.42 Å². The summed E-state index contributed by atoms with van der Waals surface area (Å²) in [6.07, 6.45) is -1.80. The second kappa shape index (κ2) is 28.0. The predicted molar refractivity (Wildman–Crippen MR) is 204 cm³/mol. The van der Waals surface area contributed by atoms with Crippen molar-refractivity contribution in [1.82, 2.24) is 42.5 Å². The summed E-state index contributed by atoms with van der Waals surface area (Å²) in [6, 6.07) is -7.71. The number of hydrogen-bond acceptors (Lipinski definition) is 13. The number of nitrogens with one attached hydrogen (secondary N) is 10. The molecule has 0 bridgehead atoms. The van der Waals surface area contributed by atoms with E-state index >= 15 is 0 Å². The number of carbonyl (C=O) groups excluding carboxylic acids is 6. The molecule has 0 saturated heterocycles. The van der Waals surface area contributed by atoms with Crippen LogP contribution in [0, 0.1) is 10.8 Å². The first-order valence-corrected chi connectivity index (χ1v) is 18.3. The summed E-state index contributed by atoms with van der Waals surface area (Å²) in [5.41, 5.74) is 16.1. The lowest BCUT2D eigenvalue weighted by Gasteiger charge is -2.28. The summed E-state index contributed by atoms with van der Waals surface area (Å²) in [7, 11) is 0. The second-order valence-electron chi connectivity index (χ2n) is 12.5. The molecule has 318 valence electrons. The Kier molecular flexibility index (Phi) is 25.3. The summed E-state index contributed by atoms with van der Waals surface area (Å²) in [5.74, 6) is -8.87. The number of thiol groups is 1. The monoisotopic (exact) mass is 819 g/mol. The van der Waals surface area contributed by atoms with Crippen LogP contribution in [0.25, 0.3) is 0 Å². The number of nitrogens with two attached hydrogens (primary N) is 3. The number of aliphatic carboxylic acids is 2. The van der Waals surface area contributed by atoms with E-state index in [1.165, 1.54) is 0 Å². The van der Waals surface area contributed by atoms with Gasteiger partial charge in [0, 0.05) is 19.5 Å². The van der Waals surface area contributed by atoms with Crippen molar-refractivity contribution in [2.24, 2.45) is 17.2 Å². The molecule has 0 aliphatic heterocycles. The fourth-order valence-electron chi connectivity index (χ4n) is 4.81. The SMILES string of the molecule is CC(O)C(NC(=O)[C@H](CCCNC(=N)N)NC(=O)[C@H](CCCCN)NC(=O)[C@H](CC(=O)O)NC(=O)CNC(=O)CCS)C(=O)N[C@@H](CCCNC(=N)N)C(=O)O. The van der Waals surface area contributed by atoms with E-state index in [0.717, 1.165) is 6.92 Å². The van der Waals surface area contributed by atoms with E-state index in [1.54, 1.807) is 0 Å². The molecular formula is C31H57N13O11S. The normalized spacial score (nSPS) is 13.9. The van der Waals surface area contributed by atoms with Crippen molar-refractivity contribution in [3.8, 4) is 0 Å². The van der Waals surface area contributed by atoms with Gasteiger partial charge in [-0.15, -0.1) is 0 Å². The molecular weight excluding hydrogens is 762 g/mol. The zero-order chi connectivity index (χ0) is 42.8. The molecule has 0 aromatic heterocycles. The van der Waals surface area contributed by atoms with Crippen molar-refractivity contribution in [1.29, 1.82) is 10.8 Å². The maximum Gasteiger partial charge on any atom is 0.326 e. The van der Waals surface area contributed by atoms with Gasteiger partial charge in [-0.05, 0) is 64.2 Å². The lowest BCUT2D eigenvalue weighted by atomic mass is 10.0.